The molecule has 26 heavy (non-hydrogen) atoms. The van der Waals surface area contributed by atoms with Gasteiger partial charge in [-0.25, -0.2) is 9.78 Å². The summed E-state index contributed by atoms with van der Waals surface area (Å²) in [4.78, 5) is 17.6. The summed E-state index contributed by atoms with van der Waals surface area (Å²) >= 11 is 0. The predicted molar refractivity (Wildman–Crippen MR) is 94.5 cm³/mol. The molecule has 0 saturated heterocycles. The minimum absolute atomic E-state index is 0.489. The molecule has 10 nitrogen and oxygen atoms in total. The molecule has 1 aliphatic rings. The van der Waals surface area contributed by atoms with Crippen LogP contribution in [-0.2, 0) is 0 Å². The van der Waals surface area contributed by atoms with Crippen molar-refractivity contribution in [2.24, 2.45) is 5.73 Å². The molecule has 2 aromatic heterocycles. The van der Waals surface area contributed by atoms with Gasteiger partial charge in [0.2, 0.25) is 5.95 Å². The number of methoxy groups -OCH3 is 1. The average molecular weight is 357 g/mol. The fourth-order valence-electron chi connectivity index (χ4n) is 2.43. The molecule has 4 N–H and O–H groups in total. The predicted octanol–water partition coefficient (Wildman–Crippen LogP) is 1.81. The van der Waals surface area contributed by atoms with Gasteiger partial charge in [-0.15, -0.1) is 5.10 Å². The van der Waals surface area contributed by atoms with Gasteiger partial charge in [0.15, 0.2) is 11.2 Å². The lowest BCUT2D eigenvalue weighted by molar-refractivity contribution is 0.205. The molecule has 0 atom stereocenters. The van der Waals surface area contributed by atoms with Gasteiger partial charge < -0.3 is 20.9 Å². The number of nitrogens with zero attached hydrogens (tertiary/aromatic N) is 5. The van der Waals surface area contributed by atoms with E-state index in [0.717, 1.165) is 11.4 Å². The van der Waals surface area contributed by atoms with Crippen molar-refractivity contribution < 1.29 is 14.6 Å². The Bertz CT molecular complexity index is 886. The first-order chi connectivity index (χ1) is 12.6. The van der Waals surface area contributed by atoms with Crippen molar-refractivity contribution in [2.75, 3.05) is 12.4 Å². The van der Waals surface area contributed by atoms with Crippen LogP contribution in [-0.4, -0.2) is 49.3 Å². The lowest BCUT2D eigenvalue weighted by Gasteiger charge is -2.26. The highest BCUT2D eigenvalue weighted by atomic mass is 16.5. The second kappa shape index (κ2) is 7.64. The Balaban J connectivity index is 0.000000447. The number of amides is 1. The average Bonchev–Trinajstić information content (AvgIpc) is 3.01. The molecule has 136 valence electrons. The molecular formula is C16H19N7O3. The Labute approximate surface area is 149 Å². The Hall–Kier alpha value is -3.43. The van der Waals surface area contributed by atoms with Crippen LogP contribution in [0.5, 0.6) is 5.75 Å². The Morgan fingerprint density at radius 1 is 1.35 bits per heavy atom. The monoisotopic (exact) mass is 357 g/mol. The number of carboxylic acid groups (broad SMARTS) is 1. The highest BCUT2D eigenvalue weighted by Crippen LogP contribution is 2.23. The first-order valence-corrected chi connectivity index (χ1v) is 8.04. The third kappa shape index (κ3) is 3.97. The number of nitrogens with two attached hydrogens (primary N) is 1. The normalized spacial score (nSPS) is 13.4. The minimum atomic E-state index is -1.33. The van der Waals surface area contributed by atoms with Crippen LogP contribution in [0.3, 0.4) is 0 Å². The fraction of sp³-hybridized carbons (Fsp3) is 0.312. The van der Waals surface area contributed by atoms with Crippen LogP contribution in [0.1, 0.15) is 19.3 Å². The number of hydrogen-bond donors (Lipinski definition) is 3. The number of hydrogen-bond acceptors (Lipinski definition) is 7. The first kappa shape index (κ1) is 17.4. The SMILES string of the molecule is COc1ccc(-n2nnc3cnc(NC4CCC4)nc32)cc1.NC(=O)O. The van der Waals surface area contributed by atoms with Gasteiger partial charge in [0.25, 0.3) is 0 Å². The summed E-state index contributed by atoms with van der Waals surface area (Å²) in [6, 6.07) is 8.11. The zero-order valence-electron chi connectivity index (χ0n) is 14.2. The molecule has 0 radical (unpaired) electrons. The summed E-state index contributed by atoms with van der Waals surface area (Å²) < 4.78 is 6.89. The minimum Gasteiger partial charge on any atom is -0.497 e. The van der Waals surface area contributed by atoms with Crippen LogP contribution >= 0.6 is 0 Å². The number of nitrogens with one attached hydrogen (secondary N) is 1. The summed E-state index contributed by atoms with van der Waals surface area (Å²) in [5, 5.41) is 18.8. The summed E-state index contributed by atoms with van der Waals surface area (Å²) in [7, 11) is 1.64. The summed E-state index contributed by atoms with van der Waals surface area (Å²) in [5.41, 5.74) is 6.29. The molecule has 0 aliphatic heterocycles. The third-order valence-electron chi connectivity index (χ3n) is 3.95. The van der Waals surface area contributed by atoms with Crippen molar-refractivity contribution in [3.63, 3.8) is 0 Å². The van der Waals surface area contributed by atoms with E-state index in [1.165, 1.54) is 19.3 Å². The van der Waals surface area contributed by atoms with Gasteiger partial charge >= 0.3 is 6.09 Å². The topological polar surface area (TPSA) is 141 Å². The number of fused-ring (bicyclic) bond motifs is 1. The van der Waals surface area contributed by atoms with E-state index in [1.54, 1.807) is 18.0 Å². The van der Waals surface area contributed by atoms with Crippen LogP contribution in [0.15, 0.2) is 30.5 Å². The van der Waals surface area contributed by atoms with E-state index < -0.39 is 6.09 Å². The van der Waals surface area contributed by atoms with Gasteiger partial charge in [-0.1, -0.05) is 5.21 Å². The third-order valence-corrected chi connectivity index (χ3v) is 3.95. The van der Waals surface area contributed by atoms with Crippen molar-refractivity contribution in [3.05, 3.63) is 30.5 Å². The van der Waals surface area contributed by atoms with E-state index in [-0.39, 0.29) is 0 Å². The smallest absolute Gasteiger partial charge is 0.402 e. The highest BCUT2D eigenvalue weighted by molar-refractivity contribution is 5.72. The van der Waals surface area contributed by atoms with E-state index in [4.69, 9.17) is 14.6 Å². The molecule has 3 aromatic rings. The second-order valence-electron chi connectivity index (χ2n) is 5.71. The van der Waals surface area contributed by atoms with Crippen LogP contribution in [0.4, 0.5) is 10.7 Å². The van der Waals surface area contributed by atoms with Gasteiger partial charge in [-0.2, -0.15) is 9.67 Å². The van der Waals surface area contributed by atoms with Crippen LogP contribution < -0.4 is 15.8 Å². The number of primary amides is 1. The lowest BCUT2D eigenvalue weighted by atomic mass is 9.93. The summed E-state index contributed by atoms with van der Waals surface area (Å²) in [6.07, 6.45) is 4.00. The standard InChI is InChI=1S/C15H16N6O.CH3NO2/c1-22-12-7-5-11(6-8-12)21-14-13(19-20-21)9-16-15(18-14)17-10-3-2-4-10;2-1(3)4/h5-10H,2-4H2,1H3,(H,16,17,18);2H2,(H,3,4). The molecule has 1 aliphatic carbocycles. The number of anilines is 1. The molecule has 0 bridgehead atoms. The summed E-state index contributed by atoms with van der Waals surface area (Å²) in [6.45, 7) is 0. The first-order valence-electron chi connectivity index (χ1n) is 8.04. The van der Waals surface area contributed by atoms with E-state index in [0.29, 0.717) is 23.2 Å². The fourth-order valence-corrected chi connectivity index (χ4v) is 2.43. The van der Waals surface area contributed by atoms with Crippen molar-refractivity contribution in [1.29, 1.82) is 0 Å². The quantitative estimate of drug-likeness (QED) is 0.642. The molecule has 2 heterocycles. The Kier molecular flexibility index (Phi) is 5.11. The molecular weight excluding hydrogens is 338 g/mol. The number of aromatic nitrogens is 5. The largest absolute Gasteiger partial charge is 0.497 e. The summed E-state index contributed by atoms with van der Waals surface area (Å²) in [5.74, 6) is 1.43. The molecule has 0 spiro atoms. The number of benzene rings is 1. The van der Waals surface area contributed by atoms with Crippen molar-refractivity contribution in [2.45, 2.75) is 25.3 Å². The van der Waals surface area contributed by atoms with E-state index in [9.17, 15) is 0 Å². The molecule has 1 amide bonds. The van der Waals surface area contributed by atoms with E-state index >= 15 is 0 Å². The van der Waals surface area contributed by atoms with Crippen LogP contribution in [0, 0.1) is 0 Å². The van der Waals surface area contributed by atoms with Crippen molar-refractivity contribution in [1.82, 2.24) is 25.0 Å². The zero-order valence-corrected chi connectivity index (χ0v) is 14.2. The van der Waals surface area contributed by atoms with Gasteiger partial charge in [0.1, 0.15) is 5.75 Å². The molecule has 1 aromatic carbocycles. The molecule has 1 saturated carbocycles. The Morgan fingerprint density at radius 2 is 2.04 bits per heavy atom. The van der Waals surface area contributed by atoms with Crippen LogP contribution in [0.25, 0.3) is 16.9 Å². The van der Waals surface area contributed by atoms with Crippen LogP contribution in [0.2, 0.25) is 0 Å². The number of carbonyl (C=O) groups is 1. The molecule has 1 fully saturated rings. The molecule has 0 unspecified atom stereocenters. The maximum absolute atomic E-state index is 8.78. The van der Waals surface area contributed by atoms with Crippen molar-refractivity contribution >= 4 is 23.2 Å². The van der Waals surface area contributed by atoms with Gasteiger partial charge in [0, 0.05) is 6.04 Å². The maximum Gasteiger partial charge on any atom is 0.402 e. The van der Waals surface area contributed by atoms with E-state index in [1.807, 2.05) is 24.3 Å². The highest BCUT2D eigenvalue weighted by Gasteiger charge is 2.18. The maximum atomic E-state index is 8.78. The second-order valence-corrected chi connectivity index (χ2v) is 5.71. The number of ether oxygens (including phenoxy) is 1. The van der Waals surface area contributed by atoms with E-state index in [2.05, 4.69) is 31.3 Å². The van der Waals surface area contributed by atoms with Crippen molar-refractivity contribution in [3.8, 4) is 11.4 Å². The molecule has 4 rings (SSSR count). The number of rotatable bonds is 4. The Morgan fingerprint density at radius 3 is 2.62 bits per heavy atom. The van der Waals surface area contributed by atoms with Gasteiger partial charge in [-0.05, 0) is 43.5 Å². The zero-order chi connectivity index (χ0) is 18.5. The van der Waals surface area contributed by atoms with Gasteiger partial charge in [0.05, 0.1) is 19.0 Å². The van der Waals surface area contributed by atoms with Gasteiger partial charge in [-0.3, -0.25) is 0 Å². The lowest BCUT2D eigenvalue weighted by Crippen LogP contribution is -2.28. The molecule has 10 heteroatoms.